The third kappa shape index (κ3) is 3.55. The molecular formula is C13H11Cl3OS. The number of ether oxygens (including phenoxy) is 1. The zero-order valence-electron chi connectivity index (χ0n) is 9.41. The van der Waals surface area contributed by atoms with Crippen molar-refractivity contribution in [1.29, 1.82) is 0 Å². The lowest BCUT2D eigenvalue weighted by Gasteiger charge is -2.18. The van der Waals surface area contributed by atoms with E-state index in [1.165, 1.54) is 0 Å². The van der Waals surface area contributed by atoms with E-state index in [-0.39, 0.29) is 6.10 Å². The molecule has 5 heteroatoms. The number of rotatable bonds is 5. The van der Waals surface area contributed by atoms with Crippen molar-refractivity contribution in [1.82, 2.24) is 0 Å². The minimum atomic E-state index is -0.0848. The summed E-state index contributed by atoms with van der Waals surface area (Å²) in [4.78, 5) is 1.13. The summed E-state index contributed by atoms with van der Waals surface area (Å²) >= 11 is 19.5. The fourth-order valence-electron chi connectivity index (χ4n) is 1.55. The van der Waals surface area contributed by atoms with Crippen molar-refractivity contribution in [3.63, 3.8) is 0 Å². The van der Waals surface area contributed by atoms with Crippen LogP contribution < -0.4 is 4.74 Å². The lowest BCUT2D eigenvalue weighted by atomic mass is 10.2. The first-order valence-corrected chi connectivity index (χ1v) is 7.59. The van der Waals surface area contributed by atoms with Gasteiger partial charge in [-0.3, -0.25) is 0 Å². The van der Waals surface area contributed by atoms with Crippen LogP contribution in [-0.4, -0.2) is 5.88 Å². The predicted octanol–water partition coefficient (Wildman–Crippen LogP) is 5.80. The van der Waals surface area contributed by atoms with E-state index in [0.717, 1.165) is 11.3 Å². The minimum absolute atomic E-state index is 0.0848. The molecule has 2 aromatic rings. The number of thiophene rings is 1. The minimum Gasteiger partial charge on any atom is -0.483 e. The summed E-state index contributed by atoms with van der Waals surface area (Å²) in [6.07, 6.45) is 0.642. The molecule has 0 bridgehead atoms. The van der Waals surface area contributed by atoms with Crippen molar-refractivity contribution in [2.45, 2.75) is 12.5 Å². The predicted molar refractivity (Wildman–Crippen MR) is 79.5 cm³/mol. The first-order valence-electron chi connectivity index (χ1n) is 5.42. The molecule has 0 aliphatic carbocycles. The molecule has 18 heavy (non-hydrogen) atoms. The standard InChI is InChI=1S/C13H11Cl3OS/c14-6-5-11(13-2-1-7-18-13)17-12-8-9(15)3-4-10(12)16/h1-4,7-8,11H,5-6H2/t11-/m1/s1. The SMILES string of the molecule is ClCC[C@@H](Oc1cc(Cl)ccc1Cl)c1cccs1. The molecule has 2 rings (SSSR count). The van der Waals surface area contributed by atoms with Gasteiger partial charge in [0.25, 0.3) is 0 Å². The van der Waals surface area contributed by atoms with Crippen LogP contribution in [-0.2, 0) is 0 Å². The summed E-state index contributed by atoms with van der Waals surface area (Å²) < 4.78 is 5.92. The highest BCUT2D eigenvalue weighted by atomic mass is 35.5. The maximum atomic E-state index is 6.09. The fraction of sp³-hybridized carbons (Fsp3) is 0.231. The summed E-state index contributed by atoms with van der Waals surface area (Å²) in [5, 5.41) is 3.17. The van der Waals surface area contributed by atoms with E-state index < -0.39 is 0 Å². The molecule has 1 aromatic heterocycles. The van der Waals surface area contributed by atoms with Crippen LogP contribution in [0.25, 0.3) is 0 Å². The second kappa shape index (κ2) is 6.67. The van der Waals surface area contributed by atoms with Gasteiger partial charge in [-0.05, 0) is 23.6 Å². The van der Waals surface area contributed by atoms with E-state index in [1.54, 1.807) is 29.5 Å². The first kappa shape index (κ1) is 14.0. The molecule has 0 amide bonds. The van der Waals surface area contributed by atoms with Gasteiger partial charge in [-0.25, -0.2) is 0 Å². The molecule has 96 valence electrons. The fourth-order valence-corrected chi connectivity index (χ4v) is 2.87. The maximum absolute atomic E-state index is 6.09. The van der Waals surface area contributed by atoms with Gasteiger partial charge < -0.3 is 4.74 Å². The summed E-state index contributed by atoms with van der Waals surface area (Å²) in [7, 11) is 0. The molecule has 1 heterocycles. The average molecular weight is 322 g/mol. The molecule has 0 aliphatic heterocycles. The zero-order chi connectivity index (χ0) is 13.0. The second-order valence-electron chi connectivity index (χ2n) is 3.67. The largest absolute Gasteiger partial charge is 0.483 e. The quantitative estimate of drug-likeness (QED) is 0.632. The van der Waals surface area contributed by atoms with Crippen LogP contribution in [0.2, 0.25) is 10.0 Å². The third-order valence-electron chi connectivity index (χ3n) is 2.39. The van der Waals surface area contributed by atoms with Gasteiger partial charge >= 0.3 is 0 Å². The van der Waals surface area contributed by atoms with Crippen molar-refractivity contribution < 1.29 is 4.74 Å². The molecule has 0 unspecified atom stereocenters. The van der Waals surface area contributed by atoms with Gasteiger partial charge in [0.15, 0.2) is 0 Å². The van der Waals surface area contributed by atoms with Gasteiger partial charge in [-0.1, -0.05) is 29.3 Å². The van der Waals surface area contributed by atoms with Crippen LogP contribution in [0, 0.1) is 0 Å². The molecule has 0 aliphatic rings. The highest BCUT2D eigenvalue weighted by Crippen LogP contribution is 2.34. The Morgan fingerprint density at radius 3 is 2.72 bits per heavy atom. The molecule has 0 spiro atoms. The summed E-state index contributed by atoms with van der Waals surface area (Å²) in [5.74, 6) is 1.12. The van der Waals surface area contributed by atoms with E-state index in [0.29, 0.717) is 21.7 Å². The topological polar surface area (TPSA) is 9.23 Å². The Hall–Kier alpha value is -0.410. The van der Waals surface area contributed by atoms with Crippen LogP contribution in [0.3, 0.4) is 0 Å². The van der Waals surface area contributed by atoms with Crippen molar-refractivity contribution in [2.75, 3.05) is 5.88 Å². The highest BCUT2D eigenvalue weighted by molar-refractivity contribution is 7.10. The first-order chi connectivity index (χ1) is 8.70. The normalized spacial score (nSPS) is 12.4. The smallest absolute Gasteiger partial charge is 0.140 e. The molecule has 0 N–H and O–H groups in total. The number of alkyl halides is 1. The van der Waals surface area contributed by atoms with Crippen LogP contribution in [0.5, 0.6) is 5.75 Å². The van der Waals surface area contributed by atoms with Gasteiger partial charge in [0, 0.05) is 28.3 Å². The third-order valence-corrected chi connectivity index (χ3v) is 4.12. The molecule has 1 atom stereocenters. The van der Waals surface area contributed by atoms with Gasteiger partial charge in [0.1, 0.15) is 11.9 Å². The Morgan fingerprint density at radius 2 is 2.06 bits per heavy atom. The maximum Gasteiger partial charge on any atom is 0.140 e. The average Bonchev–Trinajstić information content (AvgIpc) is 2.87. The van der Waals surface area contributed by atoms with Crippen molar-refractivity contribution >= 4 is 46.1 Å². The molecule has 0 fully saturated rings. The van der Waals surface area contributed by atoms with Crippen LogP contribution >= 0.6 is 46.1 Å². The Kier molecular flexibility index (Phi) is 5.19. The van der Waals surface area contributed by atoms with Gasteiger partial charge in [0.05, 0.1) is 5.02 Å². The second-order valence-corrected chi connectivity index (χ2v) is 5.88. The Morgan fingerprint density at radius 1 is 1.22 bits per heavy atom. The lowest BCUT2D eigenvalue weighted by Crippen LogP contribution is -2.07. The van der Waals surface area contributed by atoms with E-state index in [2.05, 4.69) is 0 Å². The van der Waals surface area contributed by atoms with E-state index in [4.69, 9.17) is 39.5 Å². The van der Waals surface area contributed by atoms with Gasteiger partial charge in [-0.15, -0.1) is 22.9 Å². The summed E-state index contributed by atoms with van der Waals surface area (Å²) in [5.41, 5.74) is 0. The van der Waals surface area contributed by atoms with E-state index in [9.17, 15) is 0 Å². The molecule has 0 saturated carbocycles. The number of halogens is 3. The van der Waals surface area contributed by atoms with Crippen molar-refractivity contribution in [2.24, 2.45) is 0 Å². The van der Waals surface area contributed by atoms with E-state index >= 15 is 0 Å². The number of hydrogen-bond acceptors (Lipinski definition) is 2. The monoisotopic (exact) mass is 320 g/mol. The molecule has 0 radical (unpaired) electrons. The van der Waals surface area contributed by atoms with Crippen LogP contribution in [0.1, 0.15) is 17.4 Å². The molecule has 0 saturated heterocycles. The lowest BCUT2D eigenvalue weighted by molar-refractivity contribution is 0.206. The zero-order valence-corrected chi connectivity index (χ0v) is 12.5. The molecule has 1 aromatic carbocycles. The Labute approximate surface area is 125 Å². The highest BCUT2D eigenvalue weighted by Gasteiger charge is 2.15. The van der Waals surface area contributed by atoms with Gasteiger partial charge in [-0.2, -0.15) is 0 Å². The number of benzene rings is 1. The van der Waals surface area contributed by atoms with Crippen LogP contribution in [0.15, 0.2) is 35.7 Å². The van der Waals surface area contributed by atoms with Crippen molar-refractivity contribution in [3.8, 4) is 5.75 Å². The summed E-state index contributed by atoms with van der Waals surface area (Å²) in [6.45, 7) is 0. The molecular weight excluding hydrogens is 311 g/mol. The molecule has 1 nitrogen and oxygen atoms in total. The van der Waals surface area contributed by atoms with Crippen LogP contribution in [0.4, 0.5) is 0 Å². The summed E-state index contributed by atoms with van der Waals surface area (Å²) in [6, 6.07) is 9.20. The van der Waals surface area contributed by atoms with E-state index in [1.807, 2.05) is 17.5 Å². The van der Waals surface area contributed by atoms with Gasteiger partial charge in [0.2, 0.25) is 0 Å². The Balaban J connectivity index is 2.21. The Bertz CT molecular complexity index is 499. The number of hydrogen-bond donors (Lipinski definition) is 0. The van der Waals surface area contributed by atoms with Crippen molar-refractivity contribution in [3.05, 3.63) is 50.6 Å².